The number of piperidine rings is 1. The van der Waals surface area contributed by atoms with Crippen molar-refractivity contribution in [1.82, 2.24) is 35.3 Å². The average molecular weight is 545 g/mol. The minimum atomic E-state index is -0.115. The Morgan fingerprint density at radius 3 is 2.42 bits per heavy atom. The van der Waals surface area contributed by atoms with Gasteiger partial charge in [0.25, 0.3) is 0 Å². The number of anilines is 2. The smallest absolute Gasteiger partial charge is 0.324 e. The maximum Gasteiger partial charge on any atom is 0.324 e. The maximum absolute atomic E-state index is 11.2. The van der Waals surface area contributed by atoms with E-state index in [0.29, 0.717) is 11.4 Å². The van der Waals surface area contributed by atoms with Gasteiger partial charge in [0, 0.05) is 23.9 Å². The van der Waals surface area contributed by atoms with Crippen LogP contribution in [0.15, 0.2) is 43.0 Å². The summed E-state index contributed by atoms with van der Waals surface area (Å²) in [6, 6.07) is 9.66. The first kappa shape index (κ1) is 27.3. The van der Waals surface area contributed by atoms with E-state index in [1.54, 1.807) is 12.1 Å². The van der Waals surface area contributed by atoms with Crippen molar-refractivity contribution in [2.45, 2.75) is 71.6 Å². The van der Waals surface area contributed by atoms with Gasteiger partial charge in [-0.25, -0.2) is 0 Å². The van der Waals surface area contributed by atoms with Gasteiger partial charge in [-0.1, -0.05) is 18.7 Å². The fourth-order valence-corrected chi connectivity index (χ4v) is 5.37. The molecule has 0 amide bonds. The summed E-state index contributed by atoms with van der Waals surface area (Å²) in [5, 5.41) is 27.1. The first-order chi connectivity index (χ1) is 18.9. The molecule has 4 aromatic rings. The van der Waals surface area contributed by atoms with Crippen molar-refractivity contribution in [3.63, 3.8) is 0 Å². The van der Waals surface area contributed by atoms with Crippen molar-refractivity contribution >= 4 is 22.7 Å². The predicted molar refractivity (Wildman–Crippen MR) is 154 cm³/mol. The average Bonchev–Trinajstić information content (AvgIpc) is 3.25. The van der Waals surface area contributed by atoms with Gasteiger partial charge in [-0.3, -0.25) is 0 Å². The van der Waals surface area contributed by atoms with E-state index in [0.717, 1.165) is 35.0 Å². The summed E-state index contributed by atoms with van der Waals surface area (Å²) in [4.78, 5) is 14.7. The third-order valence-electron chi connectivity index (χ3n) is 6.58. The fourth-order valence-electron chi connectivity index (χ4n) is 5.37. The van der Waals surface area contributed by atoms with Crippen molar-refractivity contribution < 1.29 is 14.6 Å². The molecule has 1 aliphatic heterocycles. The molecule has 0 saturated carbocycles. The Hall–Kier alpha value is -4.25. The van der Waals surface area contributed by atoms with E-state index in [4.69, 9.17) is 9.47 Å². The number of aromatic hydroxyl groups is 1. The number of ether oxygens (including phenoxy) is 2. The molecule has 1 fully saturated rings. The van der Waals surface area contributed by atoms with Crippen LogP contribution >= 0.6 is 0 Å². The van der Waals surface area contributed by atoms with Crippen molar-refractivity contribution in [2.24, 2.45) is 0 Å². The Bertz CT molecular complexity index is 1550. The molecule has 5 rings (SSSR count). The van der Waals surface area contributed by atoms with Crippen molar-refractivity contribution in [2.75, 3.05) is 11.9 Å². The Morgan fingerprint density at radius 2 is 1.70 bits per heavy atom. The normalized spacial score (nSPS) is 16.6. The van der Waals surface area contributed by atoms with Gasteiger partial charge in [-0.2, -0.15) is 9.97 Å². The van der Waals surface area contributed by atoms with Crippen molar-refractivity contribution in [3.8, 4) is 23.5 Å². The number of nitrogens with zero attached hydrogens (tertiary/aromatic N) is 6. The molecule has 0 spiro atoms. The maximum atomic E-state index is 11.2. The van der Waals surface area contributed by atoms with Gasteiger partial charge in [0.15, 0.2) is 5.75 Å². The number of aromatic nitrogens is 6. The predicted octanol–water partition coefficient (Wildman–Crippen LogP) is 4.92. The number of nitrogens with one attached hydrogen (secondary N) is 2. The van der Waals surface area contributed by atoms with Crippen molar-refractivity contribution in [1.29, 1.82) is 0 Å². The van der Waals surface area contributed by atoms with Crippen LogP contribution in [0.1, 0.15) is 51.7 Å². The third-order valence-corrected chi connectivity index (χ3v) is 6.58. The van der Waals surface area contributed by atoms with E-state index in [1.807, 2.05) is 38.1 Å². The largest absolute Gasteiger partial charge is 0.504 e. The minimum Gasteiger partial charge on any atom is -0.504 e. The lowest BCUT2D eigenvalue weighted by Crippen LogP contribution is -2.60. The lowest BCUT2D eigenvalue weighted by molar-refractivity contribution is 0.0492. The molecule has 40 heavy (non-hydrogen) atoms. The zero-order valence-electron chi connectivity index (χ0n) is 23.8. The highest BCUT2D eigenvalue weighted by atomic mass is 16.5. The fraction of sp³-hybridized carbons (Fsp3) is 0.414. The van der Waals surface area contributed by atoms with E-state index in [-0.39, 0.29) is 47.5 Å². The molecule has 3 heterocycles. The summed E-state index contributed by atoms with van der Waals surface area (Å²) in [5.41, 5.74) is 3.99. The second-order valence-corrected chi connectivity index (χ2v) is 11.7. The standard InChI is InChI=1S/C29H36N8O3/c1-8-11-39-26-31-25(32-27(33-26)40-19-15-28(4,5)36-29(6,7)16-19)30-22-13-18(3)14-23(24(22)38)37-34-20-10-9-17(2)12-21(20)35-37/h8-10,12-14,19,36,38H,1,11,15-16H2,2-7H3,(H,30,31,32,33). The van der Waals surface area contributed by atoms with Crippen LogP contribution in [0, 0.1) is 13.8 Å². The molecule has 0 radical (unpaired) electrons. The lowest BCUT2D eigenvalue weighted by atomic mass is 9.81. The number of hydrogen-bond donors (Lipinski definition) is 3. The first-order valence-corrected chi connectivity index (χ1v) is 13.3. The molecule has 2 aromatic carbocycles. The summed E-state index contributed by atoms with van der Waals surface area (Å²) in [6.07, 6.45) is 3.05. The number of fused-ring (bicyclic) bond motifs is 1. The summed E-state index contributed by atoms with van der Waals surface area (Å²) in [7, 11) is 0. The number of benzene rings is 2. The van der Waals surface area contributed by atoms with Gasteiger partial charge in [0.05, 0.1) is 5.69 Å². The molecule has 0 unspecified atom stereocenters. The molecule has 3 N–H and O–H groups in total. The Balaban J connectivity index is 1.47. The third kappa shape index (κ3) is 6.15. The van der Waals surface area contributed by atoms with Crippen LogP contribution in [0.3, 0.4) is 0 Å². The Morgan fingerprint density at radius 1 is 1.00 bits per heavy atom. The SMILES string of the molecule is C=CCOc1nc(Nc2cc(C)cc(-n3nc4ccc(C)cc4n3)c2O)nc(OC2CC(C)(C)NC(C)(C)C2)n1. The number of phenols is 1. The molecule has 11 heteroatoms. The van der Waals surface area contributed by atoms with Gasteiger partial charge in [-0.05, 0) is 76.9 Å². The monoisotopic (exact) mass is 544 g/mol. The number of phenolic OH excluding ortho intramolecular Hbond substituents is 1. The van der Waals surface area contributed by atoms with Crippen LogP contribution in [0.4, 0.5) is 11.6 Å². The van der Waals surface area contributed by atoms with Crippen LogP contribution in [0.25, 0.3) is 16.7 Å². The lowest BCUT2D eigenvalue weighted by Gasteiger charge is -2.45. The van der Waals surface area contributed by atoms with Crippen molar-refractivity contribution in [3.05, 3.63) is 54.1 Å². The van der Waals surface area contributed by atoms with Gasteiger partial charge in [-0.15, -0.1) is 20.0 Å². The summed E-state index contributed by atoms with van der Waals surface area (Å²) in [5.74, 6) is 0.110. The zero-order valence-corrected chi connectivity index (χ0v) is 23.8. The number of aryl methyl sites for hydroxylation is 2. The van der Waals surface area contributed by atoms with Crippen LogP contribution in [0.2, 0.25) is 0 Å². The quantitative estimate of drug-likeness (QED) is 0.207. The van der Waals surface area contributed by atoms with Crippen LogP contribution in [-0.2, 0) is 0 Å². The molecule has 11 nitrogen and oxygen atoms in total. The summed E-state index contributed by atoms with van der Waals surface area (Å²) >= 11 is 0. The molecule has 1 aliphatic rings. The first-order valence-electron chi connectivity index (χ1n) is 13.3. The van der Waals surface area contributed by atoms with Crippen LogP contribution in [-0.4, -0.2) is 58.8 Å². The van der Waals surface area contributed by atoms with Gasteiger partial charge in [0.2, 0.25) is 5.95 Å². The number of hydrogen-bond acceptors (Lipinski definition) is 10. The highest BCUT2D eigenvalue weighted by molar-refractivity contribution is 5.76. The second-order valence-electron chi connectivity index (χ2n) is 11.7. The molecule has 0 aliphatic carbocycles. The van der Waals surface area contributed by atoms with Crippen LogP contribution < -0.4 is 20.1 Å². The summed E-state index contributed by atoms with van der Waals surface area (Å²) < 4.78 is 11.9. The zero-order chi connectivity index (χ0) is 28.7. The highest BCUT2D eigenvalue weighted by Crippen LogP contribution is 2.35. The molecule has 0 bridgehead atoms. The van der Waals surface area contributed by atoms with Gasteiger partial charge >= 0.3 is 12.0 Å². The highest BCUT2D eigenvalue weighted by Gasteiger charge is 2.39. The second kappa shape index (κ2) is 10.4. The van der Waals surface area contributed by atoms with E-state index in [1.165, 1.54) is 4.80 Å². The minimum absolute atomic E-state index is 0.0547. The molecule has 2 aromatic heterocycles. The van der Waals surface area contributed by atoms with Crippen LogP contribution in [0.5, 0.6) is 17.8 Å². The molecular weight excluding hydrogens is 508 g/mol. The molecule has 0 atom stereocenters. The van der Waals surface area contributed by atoms with E-state index in [9.17, 15) is 5.11 Å². The Labute approximate surface area is 233 Å². The summed E-state index contributed by atoms with van der Waals surface area (Å²) in [6.45, 7) is 16.4. The van der Waals surface area contributed by atoms with Gasteiger partial charge < -0.3 is 25.2 Å². The van der Waals surface area contributed by atoms with Gasteiger partial charge in [0.1, 0.15) is 29.4 Å². The Kier molecular flexibility index (Phi) is 7.09. The topological polar surface area (TPSA) is 132 Å². The van der Waals surface area contributed by atoms with E-state index >= 15 is 0 Å². The molecule has 1 saturated heterocycles. The number of rotatable bonds is 8. The van der Waals surface area contributed by atoms with E-state index < -0.39 is 0 Å². The molecular formula is C29H36N8O3. The van der Waals surface area contributed by atoms with E-state index in [2.05, 4.69) is 70.1 Å². The molecule has 210 valence electrons.